The molecule has 17 heavy (non-hydrogen) atoms. The van der Waals surface area contributed by atoms with Gasteiger partial charge >= 0.3 is 17.7 Å². The van der Waals surface area contributed by atoms with Crippen LogP contribution in [0.5, 0.6) is 0 Å². The van der Waals surface area contributed by atoms with Crippen LogP contribution in [0.15, 0.2) is 0 Å². The molecule has 96 valence electrons. The van der Waals surface area contributed by atoms with E-state index in [-0.39, 0.29) is 12.3 Å². The van der Waals surface area contributed by atoms with Gasteiger partial charge in [-0.25, -0.2) is 4.79 Å². The molecule has 0 aromatic carbocycles. The molecule has 6 heteroatoms. The van der Waals surface area contributed by atoms with Crippen LogP contribution < -0.4 is 0 Å². The standard InChI is InChI=1S/C11H18N2O4/c1-4-6-7-9(17-8(3)14)10(13-12)11(15)16-5-2/h9H,4-7H2,1-3H3. The molecule has 1 atom stereocenters. The summed E-state index contributed by atoms with van der Waals surface area (Å²) in [6, 6.07) is 0. The maximum absolute atomic E-state index is 11.5. The summed E-state index contributed by atoms with van der Waals surface area (Å²) in [6.45, 7) is 5.00. The molecule has 0 aliphatic rings. The number of ether oxygens (including phenoxy) is 2. The quantitative estimate of drug-likeness (QED) is 0.291. The summed E-state index contributed by atoms with van der Waals surface area (Å²) < 4.78 is 9.66. The second-order valence-electron chi connectivity index (χ2n) is 3.45. The Morgan fingerprint density at radius 3 is 2.41 bits per heavy atom. The Kier molecular flexibility index (Phi) is 7.63. The van der Waals surface area contributed by atoms with Gasteiger partial charge in [0, 0.05) is 6.92 Å². The maximum atomic E-state index is 11.5. The van der Waals surface area contributed by atoms with Crippen molar-refractivity contribution in [3.8, 4) is 0 Å². The minimum absolute atomic E-state index is 0.165. The van der Waals surface area contributed by atoms with E-state index >= 15 is 0 Å². The summed E-state index contributed by atoms with van der Waals surface area (Å²) in [5, 5.41) is 0. The van der Waals surface area contributed by atoms with Crippen molar-refractivity contribution in [2.24, 2.45) is 0 Å². The monoisotopic (exact) mass is 242 g/mol. The zero-order valence-corrected chi connectivity index (χ0v) is 10.4. The predicted molar refractivity (Wildman–Crippen MR) is 60.3 cm³/mol. The van der Waals surface area contributed by atoms with Crippen LogP contribution >= 0.6 is 0 Å². The van der Waals surface area contributed by atoms with Crippen molar-refractivity contribution in [3.05, 3.63) is 5.53 Å². The number of unbranched alkanes of at least 4 members (excludes halogenated alkanes) is 1. The van der Waals surface area contributed by atoms with Gasteiger partial charge in [-0.2, -0.15) is 4.79 Å². The second kappa shape index (κ2) is 8.47. The predicted octanol–water partition coefficient (Wildman–Crippen LogP) is 1.34. The molecule has 6 nitrogen and oxygen atoms in total. The highest BCUT2D eigenvalue weighted by atomic mass is 16.6. The summed E-state index contributed by atoms with van der Waals surface area (Å²) in [5.41, 5.74) is 8.53. The smallest absolute Gasteiger partial charge is 0.421 e. The molecule has 0 aromatic rings. The van der Waals surface area contributed by atoms with E-state index in [1.54, 1.807) is 6.92 Å². The highest BCUT2D eigenvalue weighted by molar-refractivity contribution is 6.35. The first kappa shape index (κ1) is 15.3. The van der Waals surface area contributed by atoms with Gasteiger partial charge in [-0.15, -0.1) is 0 Å². The highest BCUT2D eigenvalue weighted by Crippen LogP contribution is 2.08. The lowest BCUT2D eigenvalue weighted by atomic mass is 10.1. The lowest BCUT2D eigenvalue weighted by Crippen LogP contribution is -2.34. The third-order valence-electron chi connectivity index (χ3n) is 2.03. The number of hydrogen-bond acceptors (Lipinski definition) is 4. The fourth-order valence-electron chi connectivity index (χ4n) is 1.28. The Bertz CT molecular complexity index is 321. The van der Waals surface area contributed by atoms with Crippen molar-refractivity contribution in [3.63, 3.8) is 0 Å². The van der Waals surface area contributed by atoms with Crippen molar-refractivity contribution in [1.82, 2.24) is 0 Å². The number of rotatable bonds is 7. The molecule has 0 saturated carbocycles. The number of hydrogen-bond donors (Lipinski definition) is 0. The fraction of sp³-hybridized carbons (Fsp3) is 0.727. The molecule has 0 N–H and O–H groups in total. The van der Waals surface area contributed by atoms with E-state index in [2.05, 4.69) is 4.79 Å². The van der Waals surface area contributed by atoms with E-state index in [9.17, 15) is 9.59 Å². The van der Waals surface area contributed by atoms with Gasteiger partial charge in [0.05, 0.1) is 6.61 Å². The molecule has 0 spiro atoms. The molecule has 0 aromatic heterocycles. The average Bonchev–Trinajstić information content (AvgIpc) is 2.26. The van der Waals surface area contributed by atoms with Gasteiger partial charge in [0.2, 0.25) is 6.10 Å². The van der Waals surface area contributed by atoms with Gasteiger partial charge in [0.15, 0.2) is 0 Å². The Morgan fingerprint density at radius 2 is 2.00 bits per heavy atom. The Labute approximate surface area is 101 Å². The molecule has 0 fully saturated rings. The average molecular weight is 242 g/mol. The molecule has 0 saturated heterocycles. The lowest BCUT2D eigenvalue weighted by Gasteiger charge is -2.11. The highest BCUT2D eigenvalue weighted by Gasteiger charge is 2.34. The van der Waals surface area contributed by atoms with E-state index < -0.39 is 18.0 Å². The molecule has 1 unspecified atom stereocenters. The largest absolute Gasteiger partial charge is 0.457 e. The van der Waals surface area contributed by atoms with Gasteiger partial charge in [-0.1, -0.05) is 13.3 Å². The zero-order valence-electron chi connectivity index (χ0n) is 10.4. The Morgan fingerprint density at radius 1 is 1.35 bits per heavy atom. The summed E-state index contributed by atoms with van der Waals surface area (Å²) in [4.78, 5) is 25.2. The first-order valence-corrected chi connectivity index (χ1v) is 5.63. The maximum Gasteiger partial charge on any atom is 0.421 e. The summed E-state index contributed by atoms with van der Waals surface area (Å²) in [7, 11) is 0. The number of carbonyl (C=O) groups is 2. The molecule has 0 amide bonds. The zero-order chi connectivity index (χ0) is 13.3. The summed E-state index contributed by atoms with van der Waals surface area (Å²) >= 11 is 0. The molecule has 0 aliphatic heterocycles. The Balaban J connectivity index is 4.78. The van der Waals surface area contributed by atoms with Gasteiger partial charge < -0.3 is 15.0 Å². The molecule has 0 bridgehead atoms. The SMILES string of the molecule is CCCCC(OC(C)=O)C(=[N+]=[N-])C(=O)OCC. The van der Waals surface area contributed by atoms with Gasteiger partial charge in [0.25, 0.3) is 0 Å². The topological polar surface area (TPSA) is 89.0 Å². The van der Waals surface area contributed by atoms with Crippen molar-refractivity contribution >= 4 is 17.7 Å². The van der Waals surface area contributed by atoms with Crippen molar-refractivity contribution in [2.75, 3.05) is 6.61 Å². The third-order valence-corrected chi connectivity index (χ3v) is 2.03. The van der Waals surface area contributed by atoms with Crippen molar-refractivity contribution < 1.29 is 23.9 Å². The van der Waals surface area contributed by atoms with E-state index in [1.807, 2.05) is 6.92 Å². The van der Waals surface area contributed by atoms with Gasteiger partial charge in [-0.05, 0) is 19.8 Å². The van der Waals surface area contributed by atoms with Crippen LogP contribution in [0.25, 0.3) is 5.53 Å². The summed E-state index contributed by atoms with van der Waals surface area (Å²) in [5.74, 6) is -1.30. The van der Waals surface area contributed by atoms with Crippen LogP contribution in [0, 0.1) is 0 Å². The molecule has 0 heterocycles. The van der Waals surface area contributed by atoms with Crippen LogP contribution in [-0.2, 0) is 19.1 Å². The van der Waals surface area contributed by atoms with Crippen LogP contribution in [0.4, 0.5) is 0 Å². The van der Waals surface area contributed by atoms with Crippen LogP contribution in [0.2, 0.25) is 0 Å². The minimum atomic E-state index is -0.850. The summed E-state index contributed by atoms with van der Waals surface area (Å²) in [6.07, 6.45) is 1.20. The number of nitrogens with zero attached hydrogens (tertiary/aromatic N) is 2. The molecule has 0 aliphatic carbocycles. The van der Waals surface area contributed by atoms with E-state index in [4.69, 9.17) is 15.0 Å². The minimum Gasteiger partial charge on any atom is -0.457 e. The van der Waals surface area contributed by atoms with Crippen LogP contribution in [0.3, 0.4) is 0 Å². The van der Waals surface area contributed by atoms with Gasteiger partial charge in [-0.3, -0.25) is 4.79 Å². The molecular weight excluding hydrogens is 224 g/mol. The molecule has 0 rings (SSSR count). The first-order valence-electron chi connectivity index (χ1n) is 5.63. The molecular formula is C11H18N2O4. The number of esters is 2. The fourth-order valence-corrected chi connectivity index (χ4v) is 1.28. The third kappa shape index (κ3) is 5.82. The van der Waals surface area contributed by atoms with E-state index in [0.717, 1.165) is 12.8 Å². The molecule has 0 radical (unpaired) electrons. The van der Waals surface area contributed by atoms with E-state index in [0.29, 0.717) is 6.42 Å². The van der Waals surface area contributed by atoms with Crippen molar-refractivity contribution in [1.29, 1.82) is 0 Å². The first-order chi connectivity index (χ1) is 8.06. The van der Waals surface area contributed by atoms with Crippen LogP contribution in [-0.4, -0.2) is 35.2 Å². The van der Waals surface area contributed by atoms with Crippen LogP contribution in [0.1, 0.15) is 40.0 Å². The number of carbonyl (C=O) groups excluding carboxylic acids is 2. The van der Waals surface area contributed by atoms with Crippen molar-refractivity contribution in [2.45, 2.75) is 46.1 Å². The van der Waals surface area contributed by atoms with Gasteiger partial charge in [0.1, 0.15) is 0 Å². The normalized spacial score (nSPS) is 11.2. The second-order valence-corrected chi connectivity index (χ2v) is 3.45. The lowest BCUT2D eigenvalue weighted by molar-refractivity contribution is -0.149. The van der Waals surface area contributed by atoms with E-state index in [1.165, 1.54) is 6.92 Å². The Hall–Kier alpha value is -1.68.